The molecule has 5 nitrogen and oxygen atoms in total. The second kappa shape index (κ2) is 8.65. The van der Waals surface area contributed by atoms with Gasteiger partial charge in [-0.3, -0.25) is 17.2 Å². The maximum atomic E-state index is 12.0. The highest BCUT2D eigenvalue weighted by molar-refractivity contribution is 5.87. The molecule has 0 atom stereocenters. The van der Waals surface area contributed by atoms with E-state index in [0.717, 1.165) is 25.7 Å². The van der Waals surface area contributed by atoms with Crippen LogP contribution in [0.1, 0.15) is 77.6 Å². The van der Waals surface area contributed by atoms with Crippen LogP contribution in [0.5, 0.6) is 0 Å². The minimum absolute atomic E-state index is 0.342. The number of carbonyl (C=O) groups excluding carboxylic acids is 1. The van der Waals surface area contributed by atoms with Crippen LogP contribution in [0.15, 0.2) is 12.2 Å². The van der Waals surface area contributed by atoms with E-state index in [1.165, 1.54) is 32.1 Å². The molecule has 1 aliphatic rings. The molecule has 0 radical (unpaired) electrons. The number of nitrogens with two attached hydrogens (primary N) is 3. The van der Waals surface area contributed by atoms with Crippen molar-refractivity contribution in [3.05, 3.63) is 12.2 Å². The number of hydrogen-bond acceptors (Lipinski definition) is 5. The summed E-state index contributed by atoms with van der Waals surface area (Å²) in [6.07, 6.45) is 11.4. The lowest BCUT2D eigenvalue weighted by Crippen LogP contribution is -2.74. The fraction of sp³-hybridized carbons (Fsp3) is 0.824. The first-order valence-electron chi connectivity index (χ1n) is 8.54. The van der Waals surface area contributed by atoms with E-state index >= 15 is 0 Å². The summed E-state index contributed by atoms with van der Waals surface area (Å²) < 4.78 is 5.70. The lowest BCUT2D eigenvalue weighted by molar-refractivity contribution is -0.166. The van der Waals surface area contributed by atoms with Gasteiger partial charge >= 0.3 is 5.97 Å². The van der Waals surface area contributed by atoms with Gasteiger partial charge in [0.2, 0.25) is 0 Å². The largest absolute Gasteiger partial charge is 0.451 e. The van der Waals surface area contributed by atoms with Crippen LogP contribution in [0.2, 0.25) is 0 Å². The third-order valence-electron chi connectivity index (χ3n) is 4.59. The molecule has 0 amide bonds. The second-order valence-corrected chi connectivity index (χ2v) is 6.78. The van der Waals surface area contributed by atoms with Gasteiger partial charge < -0.3 is 4.74 Å². The molecule has 128 valence electrons. The molecule has 0 heterocycles. The predicted octanol–water partition coefficient (Wildman–Crippen LogP) is 2.68. The average Bonchev–Trinajstić information content (AvgIpc) is 2.40. The Kier molecular flexibility index (Phi) is 7.53. The molecular formula is C17H33N3O2. The molecule has 1 fully saturated rings. The van der Waals surface area contributed by atoms with Crippen molar-refractivity contribution in [2.45, 2.75) is 88.9 Å². The Morgan fingerprint density at radius 3 is 1.59 bits per heavy atom. The summed E-state index contributed by atoms with van der Waals surface area (Å²) in [5.74, 6) is -2.00. The van der Waals surface area contributed by atoms with Crippen molar-refractivity contribution in [2.75, 3.05) is 0 Å². The molecule has 0 aromatic heterocycles. The van der Waals surface area contributed by atoms with Crippen molar-refractivity contribution < 1.29 is 9.53 Å². The monoisotopic (exact) mass is 311 g/mol. The molecule has 0 aromatic carbocycles. The highest BCUT2D eigenvalue weighted by Crippen LogP contribution is 2.32. The summed E-state index contributed by atoms with van der Waals surface area (Å²) >= 11 is 0. The molecule has 1 aliphatic carbocycles. The number of rotatable bonds is 3. The smallest absolute Gasteiger partial charge is 0.333 e. The highest BCUT2D eigenvalue weighted by atomic mass is 16.6. The van der Waals surface area contributed by atoms with Gasteiger partial charge in [-0.05, 0) is 32.6 Å². The zero-order chi connectivity index (χ0) is 16.6. The van der Waals surface area contributed by atoms with Crippen molar-refractivity contribution in [3.8, 4) is 0 Å². The number of esters is 1. The molecule has 22 heavy (non-hydrogen) atoms. The van der Waals surface area contributed by atoms with Gasteiger partial charge in [0.05, 0.1) is 0 Å². The SMILES string of the molecule is C=C(C)C(=O)OC1(C(N)(N)N)CCCCCCCCCCC1. The van der Waals surface area contributed by atoms with Crippen molar-refractivity contribution >= 4 is 5.97 Å². The first kappa shape index (κ1) is 19.1. The van der Waals surface area contributed by atoms with E-state index < -0.39 is 17.4 Å². The maximum absolute atomic E-state index is 12.0. The van der Waals surface area contributed by atoms with E-state index in [9.17, 15) is 4.79 Å². The molecule has 1 rings (SSSR count). The molecule has 6 N–H and O–H groups in total. The van der Waals surface area contributed by atoms with E-state index in [-0.39, 0.29) is 0 Å². The van der Waals surface area contributed by atoms with Crippen molar-refractivity contribution in [2.24, 2.45) is 17.2 Å². The Hall–Kier alpha value is -0.910. The summed E-state index contributed by atoms with van der Waals surface area (Å²) in [5.41, 5.74) is 17.4. The topological polar surface area (TPSA) is 104 Å². The zero-order valence-electron chi connectivity index (χ0n) is 14.0. The van der Waals surface area contributed by atoms with Gasteiger partial charge in [0.15, 0.2) is 11.4 Å². The van der Waals surface area contributed by atoms with Gasteiger partial charge in [-0.15, -0.1) is 0 Å². The standard InChI is InChI=1S/C17H33N3O2/c1-14(2)15(21)22-16(17(18,19)20)12-10-8-6-4-3-5-7-9-11-13-16/h1,3-13,18-20H2,2H3. The molecule has 5 heteroatoms. The van der Waals surface area contributed by atoms with Crippen LogP contribution < -0.4 is 17.2 Å². The minimum Gasteiger partial charge on any atom is -0.451 e. The molecule has 0 aliphatic heterocycles. The van der Waals surface area contributed by atoms with Crippen LogP contribution in [0.25, 0.3) is 0 Å². The van der Waals surface area contributed by atoms with Gasteiger partial charge in [0, 0.05) is 5.57 Å². The summed E-state index contributed by atoms with van der Waals surface area (Å²) in [5, 5.41) is 0. The fourth-order valence-corrected chi connectivity index (χ4v) is 3.07. The molecule has 1 saturated carbocycles. The molecule has 0 aromatic rings. The Bertz CT molecular complexity index is 363. The Labute approximate surface area is 134 Å². The number of carbonyl (C=O) groups is 1. The third-order valence-corrected chi connectivity index (χ3v) is 4.59. The highest BCUT2D eigenvalue weighted by Gasteiger charge is 2.47. The van der Waals surface area contributed by atoms with E-state index in [2.05, 4.69) is 6.58 Å². The summed E-state index contributed by atoms with van der Waals surface area (Å²) in [6, 6.07) is 0. The molecule has 0 unspecified atom stereocenters. The van der Waals surface area contributed by atoms with Gasteiger partial charge in [-0.2, -0.15) is 0 Å². The lowest BCUT2D eigenvalue weighted by Gasteiger charge is -2.43. The van der Waals surface area contributed by atoms with Gasteiger partial charge in [0.1, 0.15) is 0 Å². The van der Waals surface area contributed by atoms with Gasteiger partial charge in [0.25, 0.3) is 0 Å². The van der Waals surface area contributed by atoms with Crippen LogP contribution in [0.3, 0.4) is 0 Å². The average molecular weight is 311 g/mol. The van der Waals surface area contributed by atoms with Crippen molar-refractivity contribution in [1.29, 1.82) is 0 Å². The predicted molar refractivity (Wildman–Crippen MR) is 89.7 cm³/mol. The molecule has 0 spiro atoms. The Balaban J connectivity index is 2.90. The molecular weight excluding hydrogens is 278 g/mol. The van der Waals surface area contributed by atoms with Crippen LogP contribution in [-0.2, 0) is 9.53 Å². The van der Waals surface area contributed by atoms with Gasteiger partial charge in [-0.25, -0.2) is 4.79 Å². The molecule has 0 bridgehead atoms. The Morgan fingerprint density at radius 2 is 1.27 bits per heavy atom. The Morgan fingerprint density at radius 1 is 0.909 bits per heavy atom. The maximum Gasteiger partial charge on any atom is 0.333 e. The number of hydrogen-bond donors (Lipinski definition) is 3. The summed E-state index contributed by atoms with van der Waals surface area (Å²) in [6.45, 7) is 5.26. The first-order chi connectivity index (χ1) is 10.3. The van der Waals surface area contributed by atoms with Crippen LogP contribution in [0.4, 0.5) is 0 Å². The van der Waals surface area contributed by atoms with E-state index in [4.69, 9.17) is 21.9 Å². The second-order valence-electron chi connectivity index (χ2n) is 6.78. The molecule has 0 saturated heterocycles. The van der Waals surface area contributed by atoms with Crippen molar-refractivity contribution in [3.63, 3.8) is 0 Å². The normalized spacial score (nSPS) is 21.3. The number of ether oxygens (including phenoxy) is 1. The van der Waals surface area contributed by atoms with E-state index in [1.54, 1.807) is 6.92 Å². The van der Waals surface area contributed by atoms with Crippen LogP contribution >= 0.6 is 0 Å². The lowest BCUT2D eigenvalue weighted by atomic mass is 9.83. The fourth-order valence-electron chi connectivity index (χ4n) is 3.07. The van der Waals surface area contributed by atoms with Crippen LogP contribution in [-0.4, -0.2) is 17.4 Å². The summed E-state index contributed by atoms with van der Waals surface area (Å²) in [7, 11) is 0. The van der Waals surface area contributed by atoms with E-state index in [1.807, 2.05) is 0 Å². The summed E-state index contributed by atoms with van der Waals surface area (Å²) in [4.78, 5) is 12.0. The quantitative estimate of drug-likeness (QED) is 0.422. The van der Waals surface area contributed by atoms with Gasteiger partial charge in [-0.1, -0.05) is 51.5 Å². The van der Waals surface area contributed by atoms with Crippen LogP contribution in [0, 0.1) is 0 Å². The minimum atomic E-state index is -1.54. The first-order valence-corrected chi connectivity index (χ1v) is 8.54. The van der Waals surface area contributed by atoms with Crippen molar-refractivity contribution in [1.82, 2.24) is 0 Å². The van der Waals surface area contributed by atoms with E-state index in [0.29, 0.717) is 18.4 Å². The third kappa shape index (κ3) is 5.71. The zero-order valence-corrected chi connectivity index (χ0v) is 14.0.